The molecule has 4 heteroatoms. The predicted octanol–water partition coefficient (Wildman–Crippen LogP) is 0.619. The molecule has 1 aliphatic rings. The van der Waals surface area contributed by atoms with Crippen molar-refractivity contribution in [2.75, 3.05) is 11.5 Å². The summed E-state index contributed by atoms with van der Waals surface area (Å²) in [5.41, 5.74) is 0. The monoisotopic (exact) mass is 150 g/mol. The Morgan fingerprint density at radius 2 is 2.12 bits per heavy atom. The van der Waals surface area contributed by atoms with E-state index in [9.17, 15) is 8.42 Å². The van der Waals surface area contributed by atoms with Gasteiger partial charge in [0.2, 0.25) is 8.87 Å². The Balaban J connectivity index is 2.79. The molecule has 0 aromatic rings. The van der Waals surface area contributed by atoms with Gasteiger partial charge in [-0.25, -0.2) is 8.42 Å². The molecule has 0 radical (unpaired) electrons. The Labute approximate surface area is 52.3 Å². The highest BCUT2D eigenvalue weighted by Gasteiger charge is 2.10. The fraction of sp³-hybridized carbons (Fsp3) is 0.500. The van der Waals surface area contributed by atoms with Gasteiger partial charge in [0.25, 0.3) is 0 Å². The minimum Gasteiger partial charge on any atom is -0.217 e. The van der Waals surface area contributed by atoms with Crippen LogP contribution >= 0.6 is 10.8 Å². The summed E-state index contributed by atoms with van der Waals surface area (Å²) in [6, 6.07) is 0. The molecule has 0 saturated carbocycles. The van der Waals surface area contributed by atoms with Crippen LogP contribution in [0.25, 0.3) is 0 Å². The van der Waals surface area contributed by atoms with Gasteiger partial charge in [0.15, 0.2) is 0 Å². The third-order valence-corrected chi connectivity index (χ3v) is 3.99. The van der Waals surface area contributed by atoms with E-state index in [-0.39, 0.29) is 5.75 Å². The molecule has 0 aliphatic carbocycles. The van der Waals surface area contributed by atoms with Gasteiger partial charge in [-0.3, -0.25) is 0 Å². The largest absolute Gasteiger partial charge is 0.217 e. The van der Waals surface area contributed by atoms with Gasteiger partial charge in [-0.2, -0.15) is 0 Å². The lowest BCUT2D eigenvalue weighted by atomic mass is 10.6. The second kappa shape index (κ2) is 2.11. The molecule has 0 spiro atoms. The van der Waals surface area contributed by atoms with Crippen LogP contribution in [-0.2, 0) is 8.87 Å². The van der Waals surface area contributed by atoms with E-state index in [4.69, 9.17) is 0 Å². The molecular weight excluding hydrogens is 144 g/mol. The van der Waals surface area contributed by atoms with Crippen molar-refractivity contribution in [1.82, 2.24) is 0 Å². The van der Waals surface area contributed by atoms with E-state index < -0.39 is 8.87 Å². The van der Waals surface area contributed by atoms with E-state index >= 15 is 0 Å². The normalized spacial score (nSPS) is 25.5. The van der Waals surface area contributed by atoms with Crippen molar-refractivity contribution in [3.05, 3.63) is 12.2 Å². The molecule has 0 amide bonds. The smallest absolute Gasteiger partial charge is 0.205 e. The quantitative estimate of drug-likeness (QED) is 0.375. The molecule has 0 aromatic heterocycles. The van der Waals surface area contributed by atoms with E-state index in [0.717, 1.165) is 10.8 Å². The van der Waals surface area contributed by atoms with Crippen LogP contribution in [0.4, 0.5) is 0 Å². The summed E-state index contributed by atoms with van der Waals surface area (Å²) in [5, 5.41) is 0. The van der Waals surface area contributed by atoms with Gasteiger partial charge in [-0.15, -0.1) is 0 Å². The van der Waals surface area contributed by atoms with Gasteiger partial charge in [0.1, 0.15) is 0 Å². The van der Waals surface area contributed by atoms with Crippen LogP contribution in [0.15, 0.2) is 12.2 Å². The first-order valence-corrected chi connectivity index (χ1v) is 5.38. The first-order chi connectivity index (χ1) is 3.71. The molecule has 1 aliphatic heterocycles. The van der Waals surface area contributed by atoms with Crippen LogP contribution in [0.1, 0.15) is 0 Å². The van der Waals surface area contributed by atoms with Gasteiger partial charge in [-0.1, -0.05) is 12.2 Å². The van der Waals surface area contributed by atoms with Crippen LogP contribution in [0.5, 0.6) is 0 Å². The first kappa shape index (κ1) is 6.16. The van der Waals surface area contributed by atoms with Gasteiger partial charge < -0.3 is 0 Å². The van der Waals surface area contributed by atoms with Crippen molar-refractivity contribution in [3.63, 3.8) is 0 Å². The Morgan fingerprint density at radius 1 is 1.38 bits per heavy atom. The standard InChI is InChI=1S/C4H6O2S2/c5-8(6)4-2-1-3-7-8/h1-2H,3-4H2. The van der Waals surface area contributed by atoms with Gasteiger partial charge in [-0.05, 0) is 10.8 Å². The zero-order chi connectivity index (χ0) is 6.04. The topological polar surface area (TPSA) is 34.1 Å². The van der Waals surface area contributed by atoms with E-state index in [0.29, 0.717) is 5.75 Å². The highest BCUT2D eigenvalue weighted by molar-refractivity contribution is 8.72. The number of hydrogen-bond donors (Lipinski definition) is 0. The SMILES string of the molecule is O=S1(=O)CC=CCS1. The van der Waals surface area contributed by atoms with Gasteiger partial charge in [0, 0.05) is 5.75 Å². The van der Waals surface area contributed by atoms with Crippen molar-refractivity contribution in [1.29, 1.82) is 0 Å². The number of rotatable bonds is 0. The summed E-state index contributed by atoms with van der Waals surface area (Å²) in [6.07, 6.45) is 3.55. The highest BCUT2D eigenvalue weighted by atomic mass is 33.1. The Hall–Kier alpha value is 0.0400. The molecule has 0 saturated heterocycles. The summed E-state index contributed by atoms with van der Waals surface area (Å²) in [4.78, 5) is 0. The molecule has 0 bridgehead atoms. The molecule has 1 heterocycles. The van der Waals surface area contributed by atoms with Crippen molar-refractivity contribution < 1.29 is 8.42 Å². The van der Waals surface area contributed by atoms with Crippen molar-refractivity contribution >= 4 is 19.7 Å². The van der Waals surface area contributed by atoms with Crippen LogP contribution in [0, 0.1) is 0 Å². The minimum absolute atomic E-state index is 0.206. The zero-order valence-corrected chi connectivity index (χ0v) is 5.83. The second-order valence-corrected chi connectivity index (χ2v) is 5.73. The van der Waals surface area contributed by atoms with Crippen LogP contribution in [-0.4, -0.2) is 19.9 Å². The van der Waals surface area contributed by atoms with Gasteiger partial charge in [0.05, 0.1) is 5.75 Å². The van der Waals surface area contributed by atoms with E-state index in [1.54, 1.807) is 6.08 Å². The molecule has 2 nitrogen and oxygen atoms in total. The third kappa shape index (κ3) is 1.52. The highest BCUT2D eigenvalue weighted by Crippen LogP contribution is 2.16. The second-order valence-electron chi connectivity index (χ2n) is 1.48. The van der Waals surface area contributed by atoms with Gasteiger partial charge >= 0.3 is 0 Å². The lowest BCUT2D eigenvalue weighted by molar-refractivity contribution is 0.613. The summed E-state index contributed by atoms with van der Waals surface area (Å²) in [6.45, 7) is 0. The molecule has 0 N–H and O–H groups in total. The molecule has 0 fully saturated rings. The Bertz CT molecular complexity index is 190. The molecule has 46 valence electrons. The maximum absolute atomic E-state index is 10.6. The van der Waals surface area contributed by atoms with E-state index in [1.165, 1.54) is 0 Å². The van der Waals surface area contributed by atoms with Crippen molar-refractivity contribution in [3.8, 4) is 0 Å². The van der Waals surface area contributed by atoms with Crippen LogP contribution in [0.2, 0.25) is 0 Å². The van der Waals surface area contributed by atoms with Crippen molar-refractivity contribution in [2.45, 2.75) is 0 Å². The molecule has 0 atom stereocenters. The Morgan fingerprint density at radius 3 is 2.38 bits per heavy atom. The fourth-order valence-electron chi connectivity index (χ4n) is 0.445. The lowest BCUT2D eigenvalue weighted by Gasteiger charge is -2.00. The number of hydrogen-bond acceptors (Lipinski definition) is 3. The fourth-order valence-corrected chi connectivity index (χ4v) is 2.72. The summed E-state index contributed by atoms with van der Waals surface area (Å²) >= 11 is 0. The molecule has 8 heavy (non-hydrogen) atoms. The minimum atomic E-state index is -2.75. The summed E-state index contributed by atoms with van der Waals surface area (Å²) in [7, 11) is -1.75. The van der Waals surface area contributed by atoms with E-state index in [1.807, 2.05) is 6.08 Å². The molecule has 0 unspecified atom stereocenters. The third-order valence-electron chi connectivity index (χ3n) is 0.811. The molecular formula is C4H6O2S2. The van der Waals surface area contributed by atoms with Crippen molar-refractivity contribution in [2.24, 2.45) is 0 Å². The zero-order valence-electron chi connectivity index (χ0n) is 4.20. The summed E-state index contributed by atoms with van der Waals surface area (Å²) in [5.74, 6) is 0.819. The average molecular weight is 150 g/mol. The van der Waals surface area contributed by atoms with Crippen LogP contribution in [0.3, 0.4) is 0 Å². The lowest BCUT2D eigenvalue weighted by Crippen LogP contribution is -2.02. The maximum atomic E-state index is 10.6. The molecule has 1 rings (SSSR count). The first-order valence-electron chi connectivity index (χ1n) is 2.23. The van der Waals surface area contributed by atoms with Crippen LogP contribution < -0.4 is 0 Å². The van der Waals surface area contributed by atoms with E-state index in [2.05, 4.69) is 0 Å². The average Bonchev–Trinajstić information content (AvgIpc) is 1.65. The Kier molecular flexibility index (Phi) is 1.62. The summed E-state index contributed by atoms with van der Waals surface area (Å²) < 4.78 is 21.1. The predicted molar refractivity (Wildman–Crippen MR) is 35.4 cm³/mol. The maximum Gasteiger partial charge on any atom is 0.205 e. The molecule has 0 aromatic carbocycles.